The van der Waals surface area contributed by atoms with Crippen LogP contribution in [0.5, 0.6) is 17.2 Å². The monoisotopic (exact) mass is 398 g/mol. The second-order valence-electron chi connectivity index (χ2n) is 5.49. The van der Waals surface area contributed by atoms with E-state index in [1.165, 1.54) is 39.5 Å². The van der Waals surface area contributed by atoms with Crippen molar-refractivity contribution in [3.8, 4) is 17.2 Å². The van der Waals surface area contributed by atoms with Gasteiger partial charge in [0.25, 0.3) is 0 Å². The van der Waals surface area contributed by atoms with Gasteiger partial charge < -0.3 is 18.9 Å². The maximum Gasteiger partial charge on any atom is 0.416 e. The lowest BCUT2D eigenvalue weighted by molar-refractivity contribution is -0.137. The molecule has 0 fully saturated rings. The fraction of sp³-hybridized carbons (Fsp3) is 0.263. The Labute approximate surface area is 158 Å². The van der Waals surface area contributed by atoms with Crippen molar-refractivity contribution >= 4 is 11.8 Å². The van der Waals surface area contributed by atoms with Crippen molar-refractivity contribution in [3.05, 3.63) is 53.1 Å². The highest BCUT2D eigenvalue weighted by molar-refractivity contribution is 6.00. The van der Waals surface area contributed by atoms with E-state index in [9.17, 15) is 22.8 Å². The van der Waals surface area contributed by atoms with Crippen LogP contribution in [0.2, 0.25) is 0 Å². The van der Waals surface area contributed by atoms with E-state index in [1.54, 1.807) is 0 Å². The van der Waals surface area contributed by atoms with Crippen LogP contribution < -0.4 is 14.2 Å². The molecule has 0 atom stereocenters. The highest BCUT2D eigenvalue weighted by atomic mass is 19.4. The molecule has 0 heterocycles. The molecule has 0 saturated heterocycles. The number of rotatable bonds is 7. The Morgan fingerprint density at radius 1 is 0.893 bits per heavy atom. The van der Waals surface area contributed by atoms with Gasteiger partial charge in [-0.05, 0) is 12.1 Å². The van der Waals surface area contributed by atoms with Crippen molar-refractivity contribution < 1.29 is 41.7 Å². The lowest BCUT2D eigenvalue weighted by Crippen LogP contribution is -2.16. The average Bonchev–Trinajstić information content (AvgIpc) is 2.69. The lowest BCUT2D eigenvalue weighted by Gasteiger charge is -2.13. The van der Waals surface area contributed by atoms with E-state index in [-0.39, 0.29) is 22.6 Å². The Kier molecular flexibility index (Phi) is 6.50. The summed E-state index contributed by atoms with van der Waals surface area (Å²) in [6.07, 6.45) is -4.58. The van der Waals surface area contributed by atoms with E-state index in [2.05, 4.69) is 0 Å². The number of ketones is 1. The normalized spacial score (nSPS) is 10.9. The molecule has 0 saturated carbocycles. The molecule has 0 aliphatic carbocycles. The molecule has 0 amide bonds. The van der Waals surface area contributed by atoms with Gasteiger partial charge in [-0.2, -0.15) is 13.2 Å². The zero-order valence-corrected chi connectivity index (χ0v) is 15.3. The largest absolute Gasteiger partial charge is 0.496 e. The van der Waals surface area contributed by atoms with E-state index in [4.69, 9.17) is 18.9 Å². The Balaban J connectivity index is 2.17. The molecule has 2 rings (SSSR count). The molecule has 0 aromatic heterocycles. The second kappa shape index (κ2) is 8.64. The highest BCUT2D eigenvalue weighted by Gasteiger charge is 2.31. The molecule has 28 heavy (non-hydrogen) atoms. The van der Waals surface area contributed by atoms with E-state index in [0.717, 1.165) is 12.1 Å². The summed E-state index contributed by atoms with van der Waals surface area (Å²) < 4.78 is 58.5. The van der Waals surface area contributed by atoms with Gasteiger partial charge in [-0.3, -0.25) is 4.79 Å². The van der Waals surface area contributed by atoms with Crippen molar-refractivity contribution in [2.75, 3.05) is 27.9 Å². The first kappa shape index (κ1) is 21.1. The highest BCUT2D eigenvalue weighted by Crippen LogP contribution is 2.35. The molecule has 150 valence electrons. The number of ether oxygens (including phenoxy) is 4. The van der Waals surface area contributed by atoms with Gasteiger partial charge in [-0.1, -0.05) is 12.1 Å². The Morgan fingerprint density at radius 2 is 1.50 bits per heavy atom. The fourth-order valence-corrected chi connectivity index (χ4v) is 2.35. The Hall–Kier alpha value is -3.23. The predicted molar refractivity (Wildman–Crippen MR) is 92.2 cm³/mol. The third-order valence-corrected chi connectivity index (χ3v) is 3.77. The summed E-state index contributed by atoms with van der Waals surface area (Å²) in [6.45, 7) is -0.738. The number of carbonyl (C=O) groups is 2. The van der Waals surface area contributed by atoms with Crippen molar-refractivity contribution in [2.24, 2.45) is 0 Å². The molecule has 0 radical (unpaired) electrons. The third-order valence-electron chi connectivity index (χ3n) is 3.77. The molecule has 0 bridgehead atoms. The molecule has 0 N–H and O–H groups in total. The van der Waals surface area contributed by atoms with Crippen LogP contribution in [0.25, 0.3) is 0 Å². The van der Waals surface area contributed by atoms with Gasteiger partial charge in [0, 0.05) is 17.7 Å². The summed E-state index contributed by atoms with van der Waals surface area (Å²) in [5.74, 6) is -1.01. The average molecular weight is 398 g/mol. The van der Waals surface area contributed by atoms with Crippen LogP contribution in [0, 0.1) is 0 Å². The smallest absolute Gasteiger partial charge is 0.416 e. The Morgan fingerprint density at radius 3 is 2.07 bits per heavy atom. The maximum atomic E-state index is 12.8. The lowest BCUT2D eigenvalue weighted by atomic mass is 10.1. The first-order valence-electron chi connectivity index (χ1n) is 7.88. The van der Waals surface area contributed by atoms with Gasteiger partial charge in [-0.25, -0.2) is 4.79 Å². The number of methoxy groups -OCH3 is 3. The predicted octanol–water partition coefficient (Wildman–Crippen LogP) is 3.77. The van der Waals surface area contributed by atoms with E-state index in [0.29, 0.717) is 11.8 Å². The van der Waals surface area contributed by atoms with Crippen molar-refractivity contribution in [3.63, 3.8) is 0 Å². The van der Waals surface area contributed by atoms with Crippen LogP contribution in [0.15, 0.2) is 36.4 Å². The van der Waals surface area contributed by atoms with Crippen molar-refractivity contribution in [1.29, 1.82) is 0 Å². The summed E-state index contributed by atoms with van der Waals surface area (Å²) in [4.78, 5) is 24.4. The molecule has 9 heteroatoms. The standard InChI is InChI=1S/C19H17F3O6/c1-25-15-9-17(27-3)16(26-2)8-13(15)18(24)28-10-14(23)11-5-4-6-12(7-11)19(20,21)22/h4-9H,10H2,1-3H3. The number of hydrogen-bond acceptors (Lipinski definition) is 6. The number of carbonyl (C=O) groups excluding carboxylic acids is 2. The van der Waals surface area contributed by atoms with Crippen LogP contribution in [-0.2, 0) is 10.9 Å². The Bertz CT molecular complexity index is 876. The second-order valence-corrected chi connectivity index (χ2v) is 5.49. The molecule has 6 nitrogen and oxygen atoms in total. The molecule has 0 aliphatic rings. The van der Waals surface area contributed by atoms with Crippen LogP contribution in [0.3, 0.4) is 0 Å². The maximum absolute atomic E-state index is 12.8. The molecule has 0 aliphatic heterocycles. The van der Waals surface area contributed by atoms with Crippen LogP contribution >= 0.6 is 0 Å². The number of benzene rings is 2. The number of esters is 1. The van der Waals surface area contributed by atoms with Gasteiger partial charge in [0.05, 0.1) is 26.9 Å². The first-order valence-corrected chi connectivity index (χ1v) is 7.88. The van der Waals surface area contributed by atoms with E-state index >= 15 is 0 Å². The zero-order chi connectivity index (χ0) is 20.9. The van der Waals surface area contributed by atoms with Crippen LogP contribution in [0.4, 0.5) is 13.2 Å². The SMILES string of the molecule is COc1cc(OC)c(C(=O)OCC(=O)c2cccc(C(F)(F)F)c2)cc1OC. The summed E-state index contributed by atoms with van der Waals surface area (Å²) >= 11 is 0. The van der Waals surface area contributed by atoms with Gasteiger partial charge in [0.1, 0.15) is 11.3 Å². The van der Waals surface area contributed by atoms with E-state index < -0.39 is 30.1 Å². The molecule has 2 aromatic carbocycles. The van der Waals surface area contributed by atoms with Crippen molar-refractivity contribution in [1.82, 2.24) is 0 Å². The molecular formula is C19H17F3O6. The minimum absolute atomic E-state index is 0.0306. The minimum atomic E-state index is -4.58. The number of hydrogen-bond donors (Lipinski definition) is 0. The van der Waals surface area contributed by atoms with E-state index in [1.807, 2.05) is 0 Å². The van der Waals surface area contributed by atoms with Gasteiger partial charge in [0.2, 0.25) is 0 Å². The fourth-order valence-electron chi connectivity index (χ4n) is 2.35. The zero-order valence-electron chi connectivity index (χ0n) is 15.3. The first-order chi connectivity index (χ1) is 13.2. The molecule has 0 unspecified atom stereocenters. The van der Waals surface area contributed by atoms with Crippen molar-refractivity contribution in [2.45, 2.75) is 6.18 Å². The van der Waals surface area contributed by atoms with Crippen LogP contribution in [-0.4, -0.2) is 39.7 Å². The quantitative estimate of drug-likeness (QED) is 0.522. The number of alkyl halides is 3. The van der Waals surface area contributed by atoms with Gasteiger partial charge in [-0.15, -0.1) is 0 Å². The molecule has 0 spiro atoms. The number of halogens is 3. The summed E-state index contributed by atoms with van der Waals surface area (Å²) in [5, 5.41) is 0. The van der Waals surface area contributed by atoms with Gasteiger partial charge in [0.15, 0.2) is 23.9 Å². The summed E-state index contributed by atoms with van der Waals surface area (Å²) in [6, 6.07) is 6.58. The minimum Gasteiger partial charge on any atom is -0.496 e. The summed E-state index contributed by atoms with van der Waals surface area (Å²) in [5.41, 5.74) is -1.22. The van der Waals surface area contributed by atoms with Gasteiger partial charge >= 0.3 is 12.1 Å². The summed E-state index contributed by atoms with van der Waals surface area (Å²) in [7, 11) is 4.10. The topological polar surface area (TPSA) is 71.1 Å². The number of Topliss-reactive ketones (excluding diaryl/α,β-unsaturated/α-hetero) is 1. The molecular weight excluding hydrogens is 381 g/mol. The molecule has 2 aromatic rings. The third kappa shape index (κ3) is 4.73. The van der Waals surface area contributed by atoms with Crippen LogP contribution in [0.1, 0.15) is 26.3 Å².